The van der Waals surface area contributed by atoms with Crippen molar-refractivity contribution in [3.8, 4) is 0 Å². The van der Waals surface area contributed by atoms with Gasteiger partial charge in [-0.2, -0.15) is 0 Å². The van der Waals surface area contributed by atoms with Crippen LogP contribution >= 0.6 is 0 Å². The van der Waals surface area contributed by atoms with E-state index in [4.69, 9.17) is 0 Å². The summed E-state index contributed by atoms with van der Waals surface area (Å²) < 4.78 is 24.7. The lowest BCUT2D eigenvalue weighted by Crippen LogP contribution is -2.28. The molecule has 0 aliphatic rings. The lowest BCUT2D eigenvalue weighted by molar-refractivity contribution is 0.472. The highest BCUT2D eigenvalue weighted by Gasteiger charge is 2.12. The zero-order valence-corrected chi connectivity index (χ0v) is 18.3. The van der Waals surface area contributed by atoms with E-state index in [2.05, 4.69) is 59.8 Å². The van der Waals surface area contributed by atoms with Crippen LogP contribution in [0.4, 0.5) is 0 Å². The number of fused-ring (bicyclic) bond motifs is 1. The van der Waals surface area contributed by atoms with E-state index in [1.54, 1.807) is 7.05 Å². The number of aromatic amines is 1. The number of rotatable bonds is 10. The van der Waals surface area contributed by atoms with Crippen molar-refractivity contribution in [3.63, 3.8) is 0 Å². The van der Waals surface area contributed by atoms with Crippen LogP contribution in [0.1, 0.15) is 30.0 Å². The van der Waals surface area contributed by atoms with Gasteiger partial charge in [0.05, 0.1) is 6.26 Å². The summed E-state index contributed by atoms with van der Waals surface area (Å²) in [6.07, 6.45) is 6.42. The monoisotopic (exact) mass is 413 g/mol. The molecule has 0 spiro atoms. The molecule has 6 heteroatoms. The number of benzene rings is 2. The van der Waals surface area contributed by atoms with E-state index in [0.29, 0.717) is 12.6 Å². The van der Waals surface area contributed by atoms with Crippen LogP contribution in [0.5, 0.6) is 0 Å². The molecule has 0 saturated carbocycles. The average molecular weight is 414 g/mol. The quantitative estimate of drug-likeness (QED) is 0.532. The molecule has 0 fully saturated rings. The van der Waals surface area contributed by atoms with E-state index in [0.717, 1.165) is 36.9 Å². The molecule has 0 bridgehead atoms. The fourth-order valence-corrected chi connectivity index (χ4v) is 3.87. The van der Waals surface area contributed by atoms with Gasteiger partial charge in [0.1, 0.15) is 0 Å². The van der Waals surface area contributed by atoms with Crippen LogP contribution in [0.25, 0.3) is 10.9 Å². The topological polar surface area (TPSA) is 65.2 Å². The molecule has 3 aromatic rings. The minimum absolute atomic E-state index is 0.383. The molecule has 2 N–H and O–H groups in total. The Kier molecular flexibility index (Phi) is 7.11. The Morgan fingerprint density at radius 2 is 1.83 bits per heavy atom. The van der Waals surface area contributed by atoms with Gasteiger partial charge in [0, 0.05) is 36.7 Å². The lowest BCUT2D eigenvalue weighted by atomic mass is 10.1. The Balaban J connectivity index is 1.55. The molecule has 5 nitrogen and oxygen atoms in total. The summed E-state index contributed by atoms with van der Waals surface area (Å²) in [5.41, 5.74) is 4.72. The molecule has 1 aromatic heterocycles. The zero-order chi connectivity index (χ0) is 20.9. The van der Waals surface area contributed by atoms with Gasteiger partial charge in [-0.1, -0.05) is 36.4 Å². The van der Waals surface area contributed by atoms with Gasteiger partial charge in [-0.3, -0.25) is 0 Å². The molecule has 0 amide bonds. The van der Waals surface area contributed by atoms with Crippen LogP contribution in [0.3, 0.4) is 0 Å². The summed E-state index contributed by atoms with van der Waals surface area (Å²) in [6, 6.07) is 17.2. The minimum Gasteiger partial charge on any atom is -0.361 e. The summed E-state index contributed by atoms with van der Waals surface area (Å²) >= 11 is 0. The molecule has 0 radical (unpaired) electrons. The number of hydrogen-bond acceptors (Lipinski definition) is 3. The maximum Gasteiger partial charge on any atom is 0.211 e. The molecule has 2 aromatic carbocycles. The minimum atomic E-state index is -3.18. The first-order valence-electron chi connectivity index (χ1n) is 10.1. The highest BCUT2D eigenvalue weighted by Crippen LogP contribution is 2.21. The Hall–Kier alpha value is -2.15. The van der Waals surface area contributed by atoms with Gasteiger partial charge < -0.3 is 10.3 Å². The predicted octanol–water partition coefficient (Wildman–Crippen LogP) is 3.71. The number of nitrogens with zero attached hydrogens (tertiary/aromatic N) is 1. The van der Waals surface area contributed by atoms with Crippen molar-refractivity contribution in [1.82, 2.24) is 14.6 Å². The third-order valence-electron chi connectivity index (χ3n) is 5.40. The summed E-state index contributed by atoms with van der Waals surface area (Å²) in [5.74, 6) is 0. The summed E-state index contributed by atoms with van der Waals surface area (Å²) in [4.78, 5) is 3.32. The van der Waals surface area contributed by atoms with E-state index in [9.17, 15) is 8.42 Å². The third-order valence-corrected chi connectivity index (χ3v) is 6.66. The summed E-state index contributed by atoms with van der Waals surface area (Å²) in [5, 5.41) is 4.79. The van der Waals surface area contributed by atoms with Gasteiger partial charge >= 0.3 is 0 Å². The molecule has 29 heavy (non-hydrogen) atoms. The Morgan fingerprint density at radius 3 is 2.55 bits per heavy atom. The third kappa shape index (κ3) is 6.16. The number of hydrogen-bond donors (Lipinski definition) is 2. The number of sulfonamides is 1. The lowest BCUT2D eigenvalue weighted by Gasteiger charge is -2.15. The second-order valence-electron chi connectivity index (χ2n) is 7.84. The first kappa shape index (κ1) is 21.6. The van der Waals surface area contributed by atoms with Crippen molar-refractivity contribution < 1.29 is 8.42 Å². The second-order valence-corrected chi connectivity index (χ2v) is 9.93. The van der Waals surface area contributed by atoms with Crippen molar-refractivity contribution in [2.24, 2.45) is 0 Å². The Morgan fingerprint density at radius 1 is 1.07 bits per heavy atom. The van der Waals surface area contributed by atoms with Crippen molar-refractivity contribution in [3.05, 3.63) is 71.4 Å². The van der Waals surface area contributed by atoms with Crippen LogP contribution in [0, 0.1) is 0 Å². The normalized spacial score (nSPS) is 13.2. The molecule has 1 atom stereocenters. The van der Waals surface area contributed by atoms with Crippen LogP contribution < -0.4 is 5.32 Å². The van der Waals surface area contributed by atoms with E-state index in [1.165, 1.54) is 27.1 Å². The number of aryl methyl sites for hydroxylation is 1. The Bertz CT molecular complexity index is 1030. The smallest absolute Gasteiger partial charge is 0.211 e. The van der Waals surface area contributed by atoms with Crippen molar-refractivity contribution >= 4 is 20.9 Å². The van der Waals surface area contributed by atoms with Gasteiger partial charge in [-0.15, -0.1) is 0 Å². The molecule has 3 rings (SSSR count). The largest absolute Gasteiger partial charge is 0.361 e. The molecule has 0 saturated heterocycles. The number of H-pyrrole nitrogens is 1. The Labute approximate surface area is 174 Å². The zero-order valence-electron chi connectivity index (χ0n) is 17.5. The molecule has 156 valence electrons. The average Bonchev–Trinajstić information content (AvgIpc) is 3.09. The molecule has 1 heterocycles. The van der Waals surface area contributed by atoms with Crippen molar-refractivity contribution in [2.75, 3.05) is 19.8 Å². The van der Waals surface area contributed by atoms with E-state index in [-0.39, 0.29) is 0 Å². The number of nitrogens with one attached hydrogen (secondary N) is 2. The van der Waals surface area contributed by atoms with E-state index < -0.39 is 10.0 Å². The van der Waals surface area contributed by atoms with Crippen LogP contribution in [-0.4, -0.2) is 43.6 Å². The standard InChI is InChI=1S/C23H31N3O2S/c1-18(9-10-19-7-5-4-6-8-19)24-14-13-21-16-25-23-12-11-20(15-22(21)23)17-26(2)29(3,27)28/h4-8,11-12,15-16,18,24-25H,9-10,13-14,17H2,1-3H3. The SMILES string of the molecule is CC(CCc1ccccc1)NCCc1c[nH]c2ccc(CN(C)S(C)(=O)=O)cc12. The van der Waals surface area contributed by atoms with Crippen molar-refractivity contribution in [2.45, 2.75) is 38.8 Å². The van der Waals surface area contributed by atoms with Gasteiger partial charge in [-0.05, 0) is 61.6 Å². The highest BCUT2D eigenvalue weighted by molar-refractivity contribution is 7.88. The molecule has 0 aliphatic carbocycles. The maximum absolute atomic E-state index is 11.7. The first-order valence-corrected chi connectivity index (χ1v) is 12.0. The fourth-order valence-electron chi connectivity index (χ4n) is 3.49. The highest BCUT2D eigenvalue weighted by atomic mass is 32.2. The summed E-state index contributed by atoms with van der Waals surface area (Å²) in [6.45, 7) is 3.53. The number of aromatic nitrogens is 1. The van der Waals surface area contributed by atoms with Gasteiger partial charge in [-0.25, -0.2) is 12.7 Å². The second kappa shape index (κ2) is 9.57. The van der Waals surface area contributed by atoms with Gasteiger partial charge in [0.25, 0.3) is 0 Å². The van der Waals surface area contributed by atoms with E-state index >= 15 is 0 Å². The summed E-state index contributed by atoms with van der Waals surface area (Å²) in [7, 11) is -1.58. The predicted molar refractivity (Wildman–Crippen MR) is 121 cm³/mol. The van der Waals surface area contributed by atoms with Crippen molar-refractivity contribution in [1.29, 1.82) is 0 Å². The van der Waals surface area contributed by atoms with E-state index in [1.807, 2.05) is 12.1 Å². The van der Waals surface area contributed by atoms with Gasteiger partial charge in [0.15, 0.2) is 0 Å². The fraction of sp³-hybridized carbons (Fsp3) is 0.391. The van der Waals surface area contributed by atoms with Crippen LogP contribution in [0.15, 0.2) is 54.7 Å². The molecular weight excluding hydrogens is 382 g/mol. The van der Waals surface area contributed by atoms with Gasteiger partial charge in [0.2, 0.25) is 10.0 Å². The molecular formula is C23H31N3O2S. The maximum atomic E-state index is 11.7. The molecule has 1 unspecified atom stereocenters. The first-order chi connectivity index (χ1) is 13.8. The molecule has 0 aliphatic heterocycles. The van der Waals surface area contributed by atoms with Crippen LogP contribution in [-0.2, 0) is 29.4 Å². The van der Waals surface area contributed by atoms with Crippen LogP contribution in [0.2, 0.25) is 0 Å².